The first-order chi connectivity index (χ1) is 12.3. The van der Waals surface area contributed by atoms with Crippen molar-refractivity contribution in [3.63, 3.8) is 0 Å². The van der Waals surface area contributed by atoms with Crippen molar-refractivity contribution in [2.24, 2.45) is 5.92 Å². The first-order valence-corrected chi connectivity index (χ1v) is 9.45. The van der Waals surface area contributed by atoms with Crippen molar-refractivity contribution in [3.8, 4) is 5.69 Å². The molecule has 6 heteroatoms. The molecule has 1 fully saturated rings. The first-order valence-electron chi connectivity index (χ1n) is 9.45. The van der Waals surface area contributed by atoms with Gasteiger partial charge in [0, 0.05) is 17.4 Å². The van der Waals surface area contributed by atoms with Gasteiger partial charge in [0.1, 0.15) is 5.82 Å². The second kappa shape index (κ2) is 8.44. The lowest BCUT2D eigenvalue weighted by Crippen LogP contribution is -2.35. The largest absolute Gasteiger partial charge is 0.317 e. The summed E-state index contributed by atoms with van der Waals surface area (Å²) in [5, 5.41) is 11.3. The highest BCUT2D eigenvalue weighted by atomic mass is 35.5. The van der Waals surface area contributed by atoms with Crippen LogP contribution >= 0.6 is 12.4 Å². The molecule has 1 aromatic heterocycles. The third kappa shape index (κ3) is 4.90. The summed E-state index contributed by atoms with van der Waals surface area (Å²) in [5.41, 5.74) is 4.25. The Balaban J connectivity index is 0.00000261. The average molecular weight is 391 g/mol. The minimum Gasteiger partial charge on any atom is -0.317 e. The zero-order valence-electron chi connectivity index (χ0n) is 16.9. The highest BCUT2D eigenvalue weighted by Crippen LogP contribution is 2.28. The van der Waals surface area contributed by atoms with E-state index in [1.165, 1.54) is 5.56 Å². The summed E-state index contributed by atoms with van der Waals surface area (Å²) < 4.78 is 1.88. The Bertz CT molecular complexity index is 801. The number of nitrogens with one attached hydrogen (secondary N) is 2. The van der Waals surface area contributed by atoms with Crippen LogP contribution < -0.4 is 10.6 Å². The lowest BCUT2D eigenvalue weighted by molar-refractivity contribution is -0.120. The van der Waals surface area contributed by atoms with Gasteiger partial charge in [-0.1, -0.05) is 38.5 Å². The van der Waals surface area contributed by atoms with E-state index in [9.17, 15) is 4.79 Å². The van der Waals surface area contributed by atoms with Crippen molar-refractivity contribution in [3.05, 3.63) is 41.1 Å². The van der Waals surface area contributed by atoms with E-state index in [4.69, 9.17) is 5.10 Å². The molecule has 5 nitrogen and oxygen atoms in total. The van der Waals surface area contributed by atoms with Gasteiger partial charge in [-0.3, -0.25) is 4.79 Å². The van der Waals surface area contributed by atoms with Crippen molar-refractivity contribution >= 4 is 24.1 Å². The summed E-state index contributed by atoms with van der Waals surface area (Å²) in [7, 11) is 0. The van der Waals surface area contributed by atoms with Gasteiger partial charge >= 0.3 is 0 Å². The third-order valence-electron chi connectivity index (χ3n) is 5.02. The fraction of sp³-hybridized carbons (Fsp3) is 0.524. The normalized spacial score (nSPS) is 15.3. The van der Waals surface area contributed by atoms with E-state index >= 15 is 0 Å². The van der Waals surface area contributed by atoms with Crippen LogP contribution in [-0.2, 0) is 10.2 Å². The Kier molecular flexibility index (Phi) is 6.71. The molecule has 1 saturated heterocycles. The number of aromatic nitrogens is 2. The van der Waals surface area contributed by atoms with Gasteiger partial charge in [-0.15, -0.1) is 12.4 Å². The van der Waals surface area contributed by atoms with Crippen LogP contribution in [0.2, 0.25) is 0 Å². The Morgan fingerprint density at radius 1 is 1.19 bits per heavy atom. The fourth-order valence-electron chi connectivity index (χ4n) is 3.38. The summed E-state index contributed by atoms with van der Waals surface area (Å²) in [6, 6.07) is 8.31. The van der Waals surface area contributed by atoms with Gasteiger partial charge in [-0.2, -0.15) is 5.10 Å². The van der Waals surface area contributed by atoms with Gasteiger partial charge in [0.05, 0.1) is 11.4 Å². The first kappa shape index (κ1) is 21.5. The molecule has 148 valence electrons. The lowest BCUT2D eigenvalue weighted by Gasteiger charge is -2.22. The molecule has 2 aromatic rings. The van der Waals surface area contributed by atoms with Gasteiger partial charge in [-0.25, -0.2) is 4.68 Å². The second-order valence-corrected chi connectivity index (χ2v) is 8.38. The minimum absolute atomic E-state index is 0. The standard InChI is InChI=1S/C21H30N4O.ClH/c1-14-6-7-17(15(2)12-14)25-19(13-18(24-25)21(3,4)5)23-20(26)16-8-10-22-11-9-16;/h6-7,12-13,16,22H,8-11H2,1-5H3,(H,23,26);1H. The van der Waals surface area contributed by atoms with Gasteiger partial charge in [-0.05, 0) is 51.4 Å². The number of hydrogen-bond acceptors (Lipinski definition) is 3. The van der Waals surface area contributed by atoms with Gasteiger partial charge < -0.3 is 10.6 Å². The maximum atomic E-state index is 12.8. The molecule has 0 unspecified atom stereocenters. The Morgan fingerprint density at radius 3 is 2.44 bits per heavy atom. The minimum atomic E-state index is -0.0852. The van der Waals surface area contributed by atoms with Crippen molar-refractivity contribution in [1.82, 2.24) is 15.1 Å². The number of piperidine rings is 1. The van der Waals surface area contributed by atoms with Crippen LogP contribution in [0.5, 0.6) is 0 Å². The summed E-state index contributed by atoms with van der Waals surface area (Å²) in [6.07, 6.45) is 1.77. The van der Waals surface area contributed by atoms with Gasteiger partial charge in [0.2, 0.25) is 5.91 Å². The van der Waals surface area contributed by atoms with Crippen LogP contribution in [0.25, 0.3) is 5.69 Å². The molecule has 1 aliphatic rings. The van der Waals surface area contributed by atoms with Crippen LogP contribution in [0.15, 0.2) is 24.3 Å². The number of halogens is 1. The average Bonchev–Trinajstić information content (AvgIpc) is 2.99. The monoisotopic (exact) mass is 390 g/mol. The number of carbonyl (C=O) groups is 1. The predicted molar refractivity (Wildman–Crippen MR) is 113 cm³/mol. The molecule has 0 saturated carbocycles. The van der Waals surface area contributed by atoms with Crippen LogP contribution in [0, 0.1) is 19.8 Å². The van der Waals surface area contributed by atoms with Crippen molar-refractivity contribution in [1.29, 1.82) is 0 Å². The summed E-state index contributed by atoms with van der Waals surface area (Å²) in [4.78, 5) is 12.8. The zero-order valence-corrected chi connectivity index (χ0v) is 17.7. The number of hydrogen-bond donors (Lipinski definition) is 2. The van der Waals surface area contributed by atoms with Crippen LogP contribution in [0.4, 0.5) is 5.82 Å². The topological polar surface area (TPSA) is 59.0 Å². The molecule has 1 aromatic carbocycles. The maximum absolute atomic E-state index is 12.8. The SMILES string of the molecule is Cc1ccc(-n2nc(C(C)(C)C)cc2NC(=O)C2CCNCC2)c(C)c1.Cl. The van der Waals surface area contributed by atoms with Gasteiger partial charge in [0.25, 0.3) is 0 Å². The van der Waals surface area contributed by atoms with Crippen molar-refractivity contribution in [2.75, 3.05) is 18.4 Å². The van der Waals surface area contributed by atoms with Crippen LogP contribution in [-0.4, -0.2) is 28.8 Å². The van der Waals surface area contributed by atoms with Crippen molar-refractivity contribution in [2.45, 2.75) is 52.9 Å². The third-order valence-corrected chi connectivity index (χ3v) is 5.02. The van der Waals surface area contributed by atoms with E-state index in [1.54, 1.807) is 0 Å². The number of aryl methyl sites for hydroxylation is 2. The number of amides is 1. The molecule has 0 bridgehead atoms. The summed E-state index contributed by atoms with van der Waals surface area (Å²) in [5.74, 6) is 0.917. The van der Waals surface area contributed by atoms with E-state index in [0.717, 1.165) is 48.7 Å². The highest BCUT2D eigenvalue weighted by molar-refractivity contribution is 5.92. The molecule has 0 radical (unpaired) electrons. The molecule has 2 N–H and O–H groups in total. The molecule has 0 aliphatic carbocycles. The maximum Gasteiger partial charge on any atom is 0.228 e. The quantitative estimate of drug-likeness (QED) is 0.827. The Labute approximate surface area is 168 Å². The Hall–Kier alpha value is -1.85. The molecule has 27 heavy (non-hydrogen) atoms. The molecule has 0 spiro atoms. The fourth-order valence-corrected chi connectivity index (χ4v) is 3.38. The number of anilines is 1. The predicted octanol–water partition coefficient (Wildman–Crippen LogP) is 4.15. The van der Waals surface area contributed by atoms with E-state index in [0.29, 0.717) is 0 Å². The molecular formula is C21H31ClN4O. The lowest BCUT2D eigenvalue weighted by atomic mass is 9.92. The van der Waals surface area contributed by atoms with E-state index in [2.05, 4.69) is 63.5 Å². The second-order valence-electron chi connectivity index (χ2n) is 8.38. The zero-order chi connectivity index (χ0) is 18.9. The number of benzene rings is 1. The number of rotatable bonds is 3. The number of nitrogens with zero attached hydrogens (tertiary/aromatic N) is 2. The molecule has 3 rings (SSSR count). The van der Waals surface area contributed by atoms with Gasteiger partial charge in [0.15, 0.2) is 0 Å². The number of carbonyl (C=O) groups excluding carboxylic acids is 1. The summed E-state index contributed by atoms with van der Waals surface area (Å²) >= 11 is 0. The van der Waals surface area contributed by atoms with E-state index in [1.807, 2.05) is 10.7 Å². The molecular weight excluding hydrogens is 360 g/mol. The van der Waals surface area contributed by atoms with E-state index < -0.39 is 0 Å². The van der Waals surface area contributed by atoms with E-state index in [-0.39, 0.29) is 29.6 Å². The summed E-state index contributed by atoms with van der Waals surface area (Å²) in [6.45, 7) is 12.4. The molecule has 2 heterocycles. The molecule has 1 aliphatic heterocycles. The van der Waals surface area contributed by atoms with Crippen LogP contribution in [0.3, 0.4) is 0 Å². The highest BCUT2D eigenvalue weighted by Gasteiger charge is 2.25. The van der Waals surface area contributed by atoms with Crippen LogP contribution in [0.1, 0.15) is 50.4 Å². The Morgan fingerprint density at radius 2 is 1.85 bits per heavy atom. The van der Waals surface area contributed by atoms with Crippen molar-refractivity contribution < 1.29 is 4.79 Å². The smallest absolute Gasteiger partial charge is 0.228 e. The molecule has 1 amide bonds. The molecule has 0 atom stereocenters.